The van der Waals surface area contributed by atoms with Gasteiger partial charge in [-0.15, -0.1) is 0 Å². The number of aromatic nitrogens is 3. The molecule has 2 aromatic carbocycles. The Labute approximate surface area is 144 Å². The van der Waals surface area contributed by atoms with E-state index in [4.69, 9.17) is 23.8 Å². The van der Waals surface area contributed by atoms with Crippen LogP contribution < -0.4 is 0 Å². The van der Waals surface area contributed by atoms with E-state index in [0.717, 1.165) is 23.0 Å². The van der Waals surface area contributed by atoms with Gasteiger partial charge in [-0.1, -0.05) is 41.4 Å². The molecule has 0 unspecified atom stereocenters. The Kier molecular flexibility index (Phi) is 3.58. The van der Waals surface area contributed by atoms with E-state index in [2.05, 4.69) is 58.1 Å². The van der Waals surface area contributed by atoms with Gasteiger partial charge in [-0.3, -0.25) is 9.67 Å². The predicted molar refractivity (Wildman–Crippen MR) is 95.0 cm³/mol. The molecule has 1 aromatic heterocycles. The topological polar surface area (TPSA) is 33.6 Å². The normalized spacial score (nSPS) is 19.7. The van der Waals surface area contributed by atoms with E-state index in [-0.39, 0.29) is 0 Å². The molecule has 1 saturated carbocycles. The van der Waals surface area contributed by atoms with Gasteiger partial charge in [-0.05, 0) is 61.3 Å². The summed E-state index contributed by atoms with van der Waals surface area (Å²) in [5.41, 5.74) is 3.60. The lowest BCUT2D eigenvalue weighted by Gasteiger charge is -2.07. The van der Waals surface area contributed by atoms with Crippen LogP contribution in [0.4, 0.5) is 0 Å². The third-order valence-electron chi connectivity index (χ3n) is 4.41. The molecule has 5 heteroatoms. The summed E-state index contributed by atoms with van der Waals surface area (Å²) in [4.78, 5) is 0. The highest BCUT2D eigenvalue weighted by atomic mass is 35.5. The van der Waals surface area contributed by atoms with Crippen LogP contribution in [0.25, 0.3) is 5.69 Å². The van der Waals surface area contributed by atoms with Crippen molar-refractivity contribution in [2.24, 2.45) is 0 Å². The minimum atomic E-state index is 0.394. The summed E-state index contributed by atoms with van der Waals surface area (Å²) in [6, 6.07) is 16.5. The molecular weight excluding hydrogens is 326 g/mol. The van der Waals surface area contributed by atoms with E-state index in [0.29, 0.717) is 16.6 Å². The minimum Gasteiger partial charge on any atom is -0.272 e. The molecule has 3 nitrogen and oxygen atoms in total. The molecule has 1 heterocycles. The maximum atomic E-state index is 5.98. The maximum absolute atomic E-state index is 5.98. The van der Waals surface area contributed by atoms with Gasteiger partial charge in [0.25, 0.3) is 0 Å². The molecule has 3 aromatic rings. The number of rotatable bonds is 3. The zero-order valence-electron chi connectivity index (χ0n) is 12.7. The van der Waals surface area contributed by atoms with E-state index >= 15 is 0 Å². The fourth-order valence-corrected chi connectivity index (χ4v) is 3.43. The lowest BCUT2D eigenvalue weighted by Crippen LogP contribution is -2.01. The van der Waals surface area contributed by atoms with Crippen LogP contribution in [0.2, 0.25) is 5.02 Å². The first kappa shape index (κ1) is 14.7. The average molecular weight is 342 g/mol. The molecule has 1 N–H and O–H groups in total. The number of aromatic amines is 1. The Morgan fingerprint density at radius 3 is 2.48 bits per heavy atom. The highest BCUT2D eigenvalue weighted by Gasteiger charge is 2.43. The van der Waals surface area contributed by atoms with Crippen molar-refractivity contribution in [2.75, 3.05) is 0 Å². The average Bonchev–Trinajstić information content (AvgIpc) is 3.25. The lowest BCUT2D eigenvalue weighted by molar-refractivity contribution is 0.846. The number of benzene rings is 2. The first-order chi connectivity index (χ1) is 11.1. The van der Waals surface area contributed by atoms with Crippen LogP contribution in [0, 0.1) is 11.7 Å². The molecule has 0 spiro atoms. The molecule has 1 fully saturated rings. The molecule has 1 aliphatic rings. The summed E-state index contributed by atoms with van der Waals surface area (Å²) in [6.07, 6.45) is 1.09. The first-order valence-electron chi connectivity index (χ1n) is 7.63. The van der Waals surface area contributed by atoms with Gasteiger partial charge in [0.1, 0.15) is 5.82 Å². The SMILES string of the molecule is Cc1ccc(-n2c([C@H]3C[C@@H]3c3ccc(Cl)cc3)n[nH]c2=S)cc1. The van der Waals surface area contributed by atoms with E-state index < -0.39 is 0 Å². The molecule has 0 amide bonds. The summed E-state index contributed by atoms with van der Waals surface area (Å²) >= 11 is 11.4. The minimum absolute atomic E-state index is 0.394. The van der Waals surface area contributed by atoms with E-state index in [9.17, 15) is 0 Å². The van der Waals surface area contributed by atoms with E-state index in [1.807, 2.05) is 12.1 Å². The zero-order chi connectivity index (χ0) is 16.0. The predicted octanol–water partition coefficient (Wildman–Crippen LogP) is 5.16. The number of aryl methyl sites for hydroxylation is 1. The van der Waals surface area contributed by atoms with Gasteiger partial charge in [-0.25, -0.2) is 0 Å². The van der Waals surface area contributed by atoms with E-state index in [1.165, 1.54) is 11.1 Å². The van der Waals surface area contributed by atoms with Crippen LogP contribution >= 0.6 is 23.8 Å². The second kappa shape index (κ2) is 5.62. The smallest absolute Gasteiger partial charge is 0.199 e. The summed E-state index contributed by atoms with van der Waals surface area (Å²) in [7, 11) is 0. The molecule has 1 aliphatic carbocycles. The molecular formula is C18H16ClN3S. The molecule has 0 aliphatic heterocycles. The molecule has 0 saturated heterocycles. The third kappa shape index (κ3) is 2.73. The Hall–Kier alpha value is -1.91. The van der Waals surface area contributed by atoms with Gasteiger partial charge in [0, 0.05) is 16.6 Å². The molecule has 116 valence electrons. The van der Waals surface area contributed by atoms with Crippen molar-refractivity contribution < 1.29 is 0 Å². The number of H-pyrrole nitrogens is 1. The summed E-state index contributed by atoms with van der Waals surface area (Å²) in [5.74, 6) is 1.89. The molecule has 0 bridgehead atoms. The lowest BCUT2D eigenvalue weighted by atomic mass is 10.1. The number of hydrogen-bond donors (Lipinski definition) is 1. The van der Waals surface area contributed by atoms with Crippen molar-refractivity contribution in [3.8, 4) is 5.69 Å². The van der Waals surface area contributed by atoms with Crippen LogP contribution in [0.3, 0.4) is 0 Å². The molecule has 0 radical (unpaired) electrons. The van der Waals surface area contributed by atoms with Crippen LogP contribution in [-0.4, -0.2) is 14.8 Å². The summed E-state index contributed by atoms with van der Waals surface area (Å²) in [6.45, 7) is 2.08. The summed E-state index contributed by atoms with van der Waals surface area (Å²) in [5, 5.41) is 8.21. The van der Waals surface area contributed by atoms with Gasteiger partial charge >= 0.3 is 0 Å². The quantitative estimate of drug-likeness (QED) is 0.667. The fourth-order valence-electron chi connectivity index (χ4n) is 3.06. The van der Waals surface area contributed by atoms with Crippen molar-refractivity contribution in [3.63, 3.8) is 0 Å². The van der Waals surface area contributed by atoms with Crippen molar-refractivity contribution in [3.05, 3.63) is 75.3 Å². The van der Waals surface area contributed by atoms with Crippen molar-refractivity contribution >= 4 is 23.8 Å². The number of hydrogen-bond acceptors (Lipinski definition) is 2. The van der Waals surface area contributed by atoms with E-state index in [1.54, 1.807) is 0 Å². The van der Waals surface area contributed by atoms with Crippen LogP contribution in [0.5, 0.6) is 0 Å². The van der Waals surface area contributed by atoms with Gasteiger partial charge in [0.2, 0.25) is 0 Å². The number of nitrogens with one attached hydrogen (secondary N) is 1. The van der Waals surface area contributed by atoms with Gasteiger partial charge in [0.15, 0.2) is 4.77 Å². The maximum Gasteiger partial charge on any atom is 0.199 e. The number of nitrogens with zero attached hydrogens (tertiary/aromatic N) is 2. The Morgan fingerprint density at radius 2 is 1.78 bits per heavy atom. The number of halogens is 1. The van der Waals surface area contributed by atoms with Crippen LogP contribution in [0.15, 0.2) is 48.5 Å². The largest absolute Gasteiger partial charge is 0.272 e. The summed E-state index contributed by atoms with van der Waals surface area (Å²) < 4.78 is 2.70. The highest BCUT2D eigenvalue weighted by Crippen LogP contribution is 2.54. The second-order valence-corrected chi connectivity index (χ2v) is 6.88. The fraction of sp³-hybridized carbons (Fsp3) is 0.222. The second-order valence-electron chi connectivity index (χ2n) is 6.06. The molecule has 23 heavy (non-hydrogen) atoms. The Morgan fingerprint density at radius 1 is 1.09 bits per heavy atom. The standard InChI is InChI=1S/C18H16ClN3S/c1-11-2-8-14(9-3-11)22-17(20-21-18(22)23)16-10-15(16)12-4-6-13(19)7-5-12/h2-9,15-16H,10H2,1H3,(H,21,23)/t15-,16+/m1/s1. The van der Waals surface area contributed by atoms with Crippen molar-refractivity contribution in [1.82, 2.24) is 14.8 Å². The Balaban J connectivity index is 1.68. The molecule has 4 rings (SSSR count). The first-order valence-corrected chi connectivity index (χ1v) is 8.42. The van der Waals surface area contributed by atoms with Crippen molar-refractivity contribution in [1.29, 1.82) is 0 Å². The van der Waals surface area contributed by atoms with Crippen molar-refractivity contribution in [2.45, 2.75) is 25.2 Å². The zero-order valence-corrected chi connectivity index (χ0v) is 14.2. The van der Waals surface area contributed by atoms with Crippen LogP contribution in [0.1, 0.15) is 35.2 Å². The highest BCUT2D eigenvalue weighted by molar-refractivity contribution is 7.71. The Bertz CT molecular complexity index is 893. The van der Waals surface area contributed by atoms with Gasteiger partial charge < -0.3 is 0 Å². The monoisotopic (exact) mass is 341 g/mol. The van der Waals surface area contributed by atoms with Gasteiger partial charge in [-0.2, -0.15) is 5.10 Å². The van der Waals surface area contributed by atoms with Crippen LogP contribution in [-0.2, 0) is 0 Å². The van der Waals surface area contributed by atoms with Gasteiger partial charge in [0.05, 0.1) is 0 Å². The third-order valence-corrected chi connectivity index (χ3v) is 4.94. The molecule has 2 atom stereocenters.